The van der Waals surface area contributed by atoms with E-state index in [-0.39, 0.29) is 12.1 Å². The van der Waals surface area contributed by atoms with E-state index in [1.165, 1.54) is 0 Å². The Bertz CT molecular complexity index is 388. The summed E-state index contributed by atoms with van der Waals surface area (Å²) >= 11 is 0. The van der Waals surface area contributed by atoms with Gasteiger partial charge in [0.05, 0.1) is 19.3 Å². The van der Waals surface area contributed by atoms with Gasteiger partial charge in [-0.05, 0) is 27.2 Å². The van der Waals surface area contributed by atoms with Crippen LogP contribution in [-0.4, -0.2) is 73.0 Å². The van der Waals surface area contributed by atoms with Crippen molar-refractivity contribution in [2.45, 2.75) is 38.8 Å². The molecule has 1 N–H and O–H groups in total. The minimum Gasteiger partial charge on any atom is -0.444 e. The van der Waals surface area contributed by atoms with Gasteiger partial charge in [0.15, 0.2) is 0 Å². The fourth-order valence-corrected chi connectivity index (χ4v) is 2.48. The first-order chi connectivity index (χ1) is 9.85. The number of rotatable bonds is 1. The number of hydrogen-bond donors (Lipinski definition) is 1. The first-order valence-corrected chi connectivity index (χ1v) is 7.46. The van der Waals surface area contributed by atoms with Crippen molar-refractivity contribution in [3.05, 3.63) is 0 Å². The molecule has 2 aliphatic heterocycles. The smallest absolute Gasteiger partial charge is 0.407 e. The molecule has 2 aliphatic rings. The van der Waals surface area contributed by atoms with Crippen LogP contribution in [0.3, 0.4) is 0 Å². The molecule has 0 radical (unpaired) electrons. The summed E-state index contributed by atoms with van der Waals surface area (Å²) in [6.07, 6.45) is 0.336. The van der Waals surface area contributed by atoms with Gasteiger partial charge in [0, 0.05) is 26.2 Å². The molecule has 0 saturated carbocycles. The summed E-state index contributed by atoms with van der Waals surface area (Å²) in [5.74, 6) is 0. The van der Waals surface area contributed by atoms with Gasteiger partial charge in [-0.3, -0.25) is 0 Å². The molecule has 3 amide bonds. The third-order valence-corrected chi connectivity index (χ3v) is 3.46. The number of ether oxygens (including phenoxy) is 2. The average molecular weight is 299 g/mol. The van der Waals surface area contributed by atoms with Crippen LogP contribution in [0.4, 0.5) is 9.59 Å². The van der Waals surface area contributed by atoms with Gasteiger partial charge in [0.1, 0.15) is 5.60 Å². The van der Waals surface area contributed by atoms with Crippen LogP contribution in [0, 0.1) is 0 Å². The van der Waals surface area contributed by atoms with E-state index in [1.807, 2.05) is 20.8 Å². The maximum atomic E-state index is 12.3. The lowest BCUT2D eigenvalue weighted by atomic mass is 10.2. The molecule has 0 aliphatic carbocycles. The van der Waals surface area contributed by atoms with Gasteiger partial charge in [-0.1, -0.05) is 0 Å². The van der Waals surface area contributed by atoms with Crippen molar-refractivity contribution in [2.75, 3.05) is 39.4 Å². The van der Waals surface area contributed by atoms with E-state index in [2.05, 4.69) is 5.32 Å². The largest absolute Gasteiger partial charge is 0.444 e. The Morgan fingerprint density at radius 1 is 1.14 bits per heavy atom. The molecule has 0 aromatic rings. The average Bonchev–Trinajstić information content (AvgIpc) is 2.85. The molecule has 2 heterocycles. The van der Waals surface area contributed by atoms with Crippen molar-refractivity contribution in [2.24, 2.45) is 0 Å². The first-order valence-electron chi connectivity index (χ1n) is 7.46. The molecule has 7 heteroatoms. The van der Waals surface area contributed by atoms with Crippen LogP contribution < -0.4 is 5.32 Å². The molecule has 120 valence electrons. The molecule has 0 aromatic heterocycles. The highest BCUT2D eigenvalue weighted by Crippen LogP contribution is 2.14. The van der Waals surface area contributed by atoms with Crippen LogP contribution in [-0.2, 0) is 9.47 Å². The van der Waals surface area contributed by atoms with Gasteiger partial charge < -0.3 is 24.6 Å². The number of alkyl carbamates (subject to hydrolysis) is 1. The topological polar surface area (TPSA) is 71.1 Å². The summed E-state index contributed by atoms with van der Waals surface area (Å²) in [6, 6.07) is -0.00312. The number of nitrogens with one attached hydrogen (secondary N) is 1. The molecular formula is C14H25N3O4. The standard InChI is InChI=1S/C14H25N3O4/c1-14(2,3)21-12(18)15-11-4-5-17(10-11)13(19)16-6-8-20-9-7-16/h11H,4-10H2,1-3H3,(H,15,18)/t11-/m0/s1. The molecule has 2 fully saturated rings. The lowest BCUT2D eigenvalue weighted by Crippen LogP contribution is -2.48. The van der Waals surface area contributed by atoms with Crippen LogP contribution in [0.5, 0.6) is 0 Å². The Hall–Kier alpha value is -1.50. The minimum absolute atomic E-state index is 0.0341. The SMILES string of the molecule is CC(C)(C)OC(=O)N[C@H]1CCN(C(=O)N2CCOCC2)C1. The number of morpholine rings is 1. The lowest BCUT2D eigenvalue weighted by Gasteiger charge is -2.31. The summed E-state index contributed by atoms with van der Waals surface area (Å²) in [7, 11) is 0. The molecule has 2 saturated heterocycles. The third-order valence-electron chi connectivity index (χ3n) is 3.46. The number of carbonyl (C=O) groups is 2. The summed E-state index contributed by atoms with van der Waals surface area (Å²) in [4.78, 5) is 27.6. The second-order valence-electron chi connectivity index (χ2n) is 6.46. The monoisotopic (exact) mass is 299 g/mol. The van der Waals surface area contributed by atoms with Crippen molar-refractivity contribution < 1.29 is 19.1 Å². The number of urea groups is 1. The molecule has 2 rings (SSSR count). The molecule has 0 bridgehead atoms. The van der Waals surface area contributed by atoms with E-state index in [1.54, 1.807) is 9.80 Å². The maximum Gasteiger partial charge on any atom is 0.407 e. The Morgan fingerprint density at radius 2 is 1.81 bits per heavy atom. The number of hydrogen-bond acceptors (Lipinski definition) is 4. The van der Waals surface area contributed by atoms with Gasteiger partial charge >= 0.3 is 12.1 Å². The van der Waals surface area contributed by atoms with Crippen molar-refractivity contribution in [1.82, 2.24) is 15.1 Å². The Kier molecular flexibility index (Phi) is 4.92. The lowest BCUT2D eigenvalue weighted by molar-refractivity contribution is 0.0442. The minimum atomic E-state index is -0.508. The fourth-order valence-electron chi connectivity index (χ4n) is 2.48. The van der Waals surface area contributed by atoms with Gasteiger partial charge in [-0.15, -0.1) is 0 Å². The van der Waals surface area contributed by atoms with Crippen molar-refractivity contribution in [1.29, 1.82) is 0 Å². The van der Waals surface area contributed by atoms with Crippen molar-refractivity contribution >= 4 is 12.1 Å². The quantitative estimate of drug-likeness (QED) is 0.785. The van der Waals surface area contributed by atoms with E-state index in [4.69, 9.17) is 9.47 Å². The molecular weight excluding hydrogens is 274 g/mol. The molecule has 0 spiro atoms. The van der Waals surface area contributed by atoms with Gasteiger partial charge in [-0.2, -0.15) is 0 Å². The summed E-state index contributed by atoms with van der Waals surface area (Å²) in [5.41, 5.74) is -0.508. The van der Waals surface area contributed by atoms with Crippen molar-refractivity contribution in [3.63, 3.8) is 0 Å². The molecule has 0 unspecified atom stereocenters. The highest BCUT2D eigenvalue weighted by atomic mass is 16.6. The zero-order chi connectivity index (χ0) is 15.5. The van der Waals surface area contributed by atoms with E-state index in [0.717, 1.165) is 6.42 Å². The first kappa shape index (κ1) is 15.9. The highest BCUT2D eigenvalue weighted by Gasteiger charge is 2.31. The van der Waals surface area contributed by atoms with Crippen molar-refractivity contribution in [3.8, 4) is 0 Å². The van der Waals surface area contributed by atoms with Gasteiger partial charge in [0.25, 0.3) is 0 Å². The summed E-state index contributed by atoms with van der Waals surface area (Å²) in [5, 5.41) is 2.82. The maximum absolute atomic E-state index is 12.3. The van der Waals surface area contributed by atoms with Gasteiger partial charge in [-0.25, -0.2) is 9.59 Å². The third kappa shape index (κ3) is 4.77. The van der Waals surface area contributed by atoms with Crippen LogP contribution in [0.25, 0.3) is 0 Å². The number of amides is 3. The fraction of sp³-hybridized carbons (Fsp3) is 0.857. The number of nitrogens with zero attached hydrogens (tertiary/aromatic N) is 2. The second-order valence-corrected chi connectivity index (χ2v) is 6.46. The zero-order valence-electron chi connectivity index (χ0n) is 13.1. The van der Waals surface area contributed by atoms with Crippen LogP contribution in [0.1, 0.15) is 27.2 Å². The van der Waals surface area contributed by atoms with E-state index >= 15 is 0 Å². The zero-order valence-corrected chi connectivity index (χ0v) is 13.1. The van der Waals surface area contributed by atoms with Crippen LogP contribution in [0.2, 0.25) is 0 Å². The second kappa shape index (κ2) is 6.51. The van der Waals surface area contributed by atoms with Crippen LogP contribution in [0.15, 0.2) is 0 Å². The highest BCUT2D eigenvalue weighted by molar-refractivity contribution is 5.75. The van der Waals surface area contributed by atoms with E-state index in [0.29, 0.717) is 39.4 Å². The Morgan fingerprint density at radius 3 is 2.43 bits per heavy atom. The summed E-state index contributed by atoms with van der Waals surface area (Å²) < 4.78 is 10.5. The normalized spacial score (nSPS) is 23.1. The Labute approximate surface area is 125 Å². The number of carbonyl (C=O) groups excluding carboxylic acids is 2. The number of likely N-dealkylation sites (tertiary alicyclic amines) is 1. The predicted octanol–water partition coefficient (Wildman–Crippen LogP) is 1.04. The molecule has 7 nitrogen and oxygen atoms in total. The van der Waals surface area contributed by atoms with Crippen LogP contribution >= 0.6 is 0 Å². The summed E-state index contributed by atoms with van der Waals surface area (Å²) in [6.45, 7) is 9.16. The molecule has 0 aromatic carbocycles. The van der Waals surface area contributed by atoms with E-state index < -0.39 is 11.7 Å². The molecule has 1 atom stereocenters. The molecule has 21 heavy (non-hydrogen) atoms. The van der Waals surface area contributed by atoms with Gasteiger partial charge in [0.2, 0.25) is 0 Å². The van der Waals surface area contributed by atoms with E-state index in [9.17, 15) is 9.59 Å². The Balaban J connectivity index is 1.77. The predicted molar refractivity (Wildman–Crippen MR) is 77.1 cm³/mol.